The van der Waals surface area contributed by atoms with Gasteiger partial charge >= 0.3 is 0 Å². The van der Waals surface area contributed by atoms with Gasteiger partial charge in [0.25, 0.3) is 15.9 Å². The molecule has 0 bridgehead atoms. The molecule has 4 N–H and O–H groups in total. The second-order valence-corrected chi connectivity index (χ2v) is 9.34. The number of nitrogens with one attached hydrogen (secondary N) is 2. The molecule has 1 heterocycles. The number of amides is 1. The molecule has 1 fully saturated rings. The number of sulfonamides is 1. The van der Waals surface area contributed by atoms with E-state index in [4.69, 9.17) is 5.73 Å². The highest BCUT2D eigenvalue weighted by Gasteiger charge is 2.25. The third-order valence-corrected chi connectivity index (χ3v) is 7.44. The van der Waals surface area contributed by atoms with E-state index < -0.39 is 10.0 Å². The Morgan fingerprint density at radius 1 is 1.19 bits per heavy atom. The Balaban J connectivity index is 0.00000261. The minimum Gasteiger partial charge on any atom is -0.349 e. The Kier molecular flexibility index (Phi) is 7.67. The fourth-order valence-electron chi connectivity index (χ4n) is 3.28. The summed E-state index contributed by atoms with van der Waals surface area (Å²) in [4.78, 5) is 12.6. The molecule has 2 unspecified atom stereocenters. The Morgan fingerprint density at radius 2 is 1.96 bits per heavy atom. The van der Waals surface area contributed by atoms with Crippen LogP contribution in [0.5, 0.6) is 0 Å². The molecule has 1 aromatic carbocycles. The number of halogens is 1. The number of benzene rings is 1. The molecule has 2 atom stereocenters. The van der Waals surface area contributed by atoms with Crippen molar-refractivity contribution in [3.8, 4) is 0 Å². The lowest BCUT2D eigenvalue weighted by atomic mass is 9.84. The molecule has 1 saturated carbocycles. The maximum absolute atomic E-state index is 12.6. The summed E-state index contributed by atoms with van der Waals surface area (Å²) in [5.74, 6) is 0.0979. The highest BCUT2D eigenvalue weighted by Crippen LogP contribution is 2.24. The zero-order chi connectivity index (χ0) is 18.6. The second-order valence-electron chi connectivity index (χ2n) is 6.48. The van der Waals surface area contributed by atoms with Crippen molar-refractivity contribution in [3.63, 3.8) is 0 Å². The largest absolute Gasteiger partial charge is 0.349 e. The predicted molar refractivity (Wildman–Crippen MR) is 111 cm³/mol. The zero-order valence-electron chi connectivity index (χ0n) is 14.8. The molecule has 1 aromatic heterocycles. The molecular formula is C18H24ClN3O3S2. The van der Waals surface area contributed by atoms with Crippen LogP contribution in [0.4, 0.5) is 5.69 Å². The molecule has 27 heavy (non-hydrogen) atoms. The molecule has 148 valence electrons. The first-order valence-corrected chi connectivity index (χ1v) is 11.0. The van der Waals surface area contributed by atoms with E-state index in [1.807, 2.05) is 0 Å². The van der Waals surface area contributed by atoms with Crippen molar-refractivity contribution in [2.45, 2.75) is 35.9 Å². The summed E-state index contributed by atoms with van der Waals surface area (Å²) < 4.78 is 27.4. The van der Waals surface area contributed by atoms with Gasteiger partial charge in [0.1, 0.15) is 4.21 Å². The monoisotopic (exact) mass is 429 g/mol. The Morgan fingerprint density at radius 3 is 2.67 bits per heavy atom. The average molecular weight is 430 g/mol. The predicted octanol–water partition coefficient (Wildman–Crippen LogP) is 3.22. The van der Waals surface area contributed by atoms with Crippen LogP contribution in [0.2, 0.25) is 0 Å². The third-order valence-electron chi connectivity index (χ3n) is 4.67. The van der Waals surface area contributed by atoms with E-state index in [1.165, 1.54) is 0 Å². The molecule has 1 aliphatic rings. The lowest BCUT2D eigenvalue weighted by Crippen LogP contribution is -2.44. The van der Waals surface area contributed by atoms with Crippen LogP contribution in [0.25, 0.3) is 0 Å². The number of thiophene rings is 1. The number of carbonyl (C=O) groups excluding carboxylic acids is 1. The molecule has 1 amide bonds. The highest BCUT2D eigenvalue weighted by atomic mass is 35.5. The topological polar surface area (TPSA) is 101 Å². The molecule has 9 heteroatoms. The van der Waals surface area contributed by atoms with E-state index in [0.717, 1.165) is 37.0 Å². The average Bonchev–Trinajstić information content (AvgIpc) is 3.18. The smallest absolute Gasteiger partial charge is 0.271 e. The molecule has 1 aliphatic carbocycles. The van der Waals surface area contributed by atoms with Crippen molar-refractivity contribution in [2.75, 3.05) is 11.3 Å². The van der Waals surface area contributed by atoms with E-state index >= 15 is 0 Å². The summed E-state index contributed by atoms with van der Waals surface area (Å²) in [7, 11) is -3.63. The van der Waals surface area contributed by atoms with Gasteiger partial charge in [-0.2, -0.15) is 0 Å². The van der Waals surface area contributed by atoms with E-state index in [9.17, 15) is 13.2 Å². The normalized spacial score (nSPS) is 19.7. The fraction of sp³-hybridized carbons (Fsp3) is 0.389. The van der Waals surface area contributed by atoms with Crippen LogP contribution in [0.3, 0.4) is 0 Å². The summed E-state index contributed by atoms with van der Waals surface area (Å²) in [6.07, 6.45) is 4.19. The van der Waals surface area contributed by atoms with Crippen molar-refractivity contribution >= 4 is 45.4 Å². The zero-order valence-corrected chi connectivity index (χ0v) is 17.2. The molecule has 0 aliphatic heterocycles. The van der Waals surface area contributed by atoms with Gasteiger partial charge in [-0.3, -0.25) is 9.52 Å². The first-order valence-electron chi connectivity index (χ1n) is 8.67. The number of hydrogen-bond donors (Lipinski definition) is 3. The minimum absolute atomic E-state index is 0. The molecular weight excluding hydrogens is 406 g/mol. The van der Waals surface area contributed by atoms with Crippen LogP contribution in [-0.4, -0.2) is 26.9 Å². The maximum atomic E-state index is 12.6. The molecule has 0 saturated heterocycles. The second kappa shape index (κ2) is 9.54. The van der Waals surface area contributed by atoms with Crippen molar-refractivity contribution < 1.29 is 13.2 Å². The summed E-state index contributed by atoms with van der Waals surface area (Å²) in [5, 5.41) is 4.76. The van der Waals surface area contributed by atoms with Crippen molar-refractivity contribution in [2.24, 2.45) is 11.7 Å². The maximum Gasteiger partial charge on any atom is 0.271 e. The first-order chi connectivity index (χ1) is 12.5. The van der Waals surface area contributed by atoms with Gasteiger partial charge in [-0.1, -0.05) is 25.0 Å². The van der Waals surface area contributed by atoms with Gasteiger partial charge < -0.3 is 11.1 Å². The summed E-state index contributed by atoms with van der Waals surface area (Å²) >= 11 is 1.14. The standard InChI is InChI=1S/C18H23N3O3S2.ClH/c19-12-14-5-1-2-8-16(14)20-18(22)13-6-3-7-15(11-13)21-26(23,24)17-9-4-10-25-17;/h3-4,6-7,9-11,14,16,21H,1-2,5,8,12,19H2,(H,20,22);1H. The van der Waals surface area contributed by atoms with Crippen LogP contribution < -0.4 is 15.8 Å². The fourth-order valence-corrected chi connectivity index (χ4v) is 5.32. The van der Waals surface area contributed by atoms with Gasteiger partial charge in [0.15, 0.2) is 0 Å². The quantitative estimate of drug-likeness (QED) is 0.656. The molecule has 3 rings (SSSR count). The SMILES string of the molecule is Cl.NCC1CCCCC1NC(=O)c1cccc(NS(=O)(=O)c2cccs2)c1. The van der Waals surface area contributed by atoms with E-state index in [-0.39, 0.29) is 28.6 Å². The Hall–Kier alpha value is -1.61. The number of carbonyl (C=O) groups is 1. The van der Waals surface area contributed by atoms with E-state index in [2.05, 4.69) is 10.0 Å². The van der Waals surface area contributed by atoms with E-state index in [1.54, 1.807) is 41.8 Å². The van der Waals surface area contributed by atoms with Crippen LogP contribution in [0.15, 0.2) is 46.0 Å². The van der Waals surface area contributed by atoms with Crippen LogP contribution >= 0.6 is 23.7 Å². The Bertz CT molecular complexity index is 856. The summed E-state index contributed by atoms with van der Waals surface area (Å²) in [6.45, 7) is 0.561. The molecule has 0 spiro atoms. The minimum atomic E-state index is -3.63. The van der Waals surface area contributed by atoms with Crippen LogP contribution in [0, 0.1) is 5.92 Å². The van der Waals surface area contributed by atoms with Gasteiger partial charge in [0, 0.05) is 17.3 Å². The number of anilines is 1. The highest BCUT2D eigenvalue weighted by molar-refractivity contribution is 7.94. The van der Waals surface area contributed by atoms with Gasteiger partial charge in [-0.25, -0.2) is 8.42 Å². The van der Waals surface area contributed by atoms with Gasteiger partial charge in [0.05, 0.1) is 0 Å². The van der Waals surface area contributed by atoms with Gasteiger partial charge in [-0.05, 0) is 54.9 Å². The number of nitrogens with two attached hydrogens (primary N) is 1. The van der Waals surface area contributed by atoms with Crippen LogP contribution in [0.1, 0.15) is 36.0 Å². The molecule has 2 aromatic rings. The van der Waals surface area contributed by atoms with Crippen molar-refractivity contribution in [1.29, 1.82) is 0 Å². The number of rotatable bonds is 6. The lowest BCUT2D eigenvalue weighted by Gasteiger charge is -2.31. The Labute approximate surface area is 170 Å². The summed E-state index contributed by atoms with van der Waals surface area (Å²) in [5.41, 5.74) is 6.62. The van der Waals surface area contributed by atoms with Crippen LogP contribution in [-0.2, 0) is 10.0 Å². The van der Waals surface area contributed by atoms with Gasteiger partial charge in [0.2, 0.25) is 0 Å². The third kappa shape index (κ3) is 5.44. The number of hydrogen-bond acceptors (Lipinski definition) is 5. The van der Waals surface area contributed by atoms with Crippen molar-refractivity contribution in [3.05, 3.63) is 47.3 Å². The van der Waals surface area contributed by atoms with Crippen molar-refractivity contribution in [1.82, 2.24) is 5.32 Å². The summed E-state index contributed by atoms with van der Waals surface area (Å²) in [6, 6.07) is 9.83. The van der Waals surface area contributed by atoms with Gasteiger partial charge in [-0.15, -0.1) is 23.7 Å². The first kappa shape index (κ1) is 21.7. The lowest BCUT2D eigenvalue weighted by molar-refractivity contribution is 0.0908. The molecule has 0 radical (unpaired) electrons. The van der Waals surface area contributed by atoms with E-state index in [0.29, 0.717) is 23.7 Å². The molecule has 6 nitrogen and oxygen atoms in total.